The third-order valence-corrected chi connectivity index (χ3v) is 2.44. The van der Waals surface area contributed by atoms with Gasteiger partial charge in [0, 0.05) is 0 Å². The van der Waals surface area contributed by atoms with Crippen LogP contribution in [0, 0.1) is 0 Å². The first-order valence-corrected chi connectivity index (χ1v) is 6.17. The maximum absolute atomic E-state index is 11.5. The number of carbonyl (C=O) groups excluding carboxylic acids is 3. The summed E-state index contributed by atoms with van der Waals surface area (Å²) in [5.41, 5.74) is 5.65. The van der Waals surface area contributed by atoms with Crippen LogP contribution in [0.2, 0.25) is 0 Å². The first-order chi connectivity index (χ1) is 10.0. The molecule has 0 fully saturated rings. The minimum Gasteiger partial charge on any atom is -0.445 e. The van der Waals surface area contributed by atoms with Crippen LogP contribution < -0.4 is 16.4 Å². The normalized spacial score (nSPS) is 11.3. The Morgan fingerprint density at radius 1 is 1.24 bits per heavy atom. The molecule has 1 aromatic carbocycles. The van der Waals surface area contributed by atoms with Gasteiger partial charge >= 0.3 is 6.09 Å². The molecule has 0 unspecified atom stereocenters. The third kappa shape index (κ3) is 6.39. The molecule has 0 saturated carbocycles. The van der Waals surface area contributed by atoms with Crippen molar-refractivity contribution in [2.75, 3.05) is 13.2 Å². The summed E-state index contributed by atoms with van der Waals surface area (Å²) < 4.78 is 4.90. The number of aliphatic hydroxyl groups is 1. The first kappa shape index (κ1) is 16.4. The standard InChI is InChI=1S/C13H17N3O5/c14-11(18)6-15-12(19)10(7-17)16-13(20)21-8-9-4-2-1-3-5-9/h1-5,10,17H,6-8H2,(H2,14,18)(H,15,19)(H,16,20)/t10-/m1/s1. The Labute approximate surface area is 121 Å². The number of nitrogens with one attached hydrogen (secondary N) is 2. The summed E-state index contributed by atoms with van der Waals surface area (Å²) in [6, 6.07) is 7.75. The van der Waals surface area contributed by atoms with E-state index in [2.05, 4.69) is 10.6 Å². The van der Waals surface area contributed by atoms with Gasteiger partial charge in [-0.1, -0.05) is 30.3 Å². The Morgan fingerprint density at radius 2 is 1.90 bits per heavy atom. The Kier molecular flexibility index (Phi) is 6.69. The fourth-order valence-electron chi connectivity index (χ4n) is 1.40. The van der Waals surface area contributed by atoms with Gasteiger partial charge in [-0.15, -0.1) is 0 Å². The molecule has 0 bridgehead atoms. The molecule has 0 aliphatic carbocycles. The number of nitrogens with two attached hydrogens (primary N) is 1. The summed E-state index contributed by atoms with van der Waals surface area (Å²) >= 11 is 0. The third-order valence-electron chi connectivity index (χ3n) is 2.44. The van der Waals surface area contributed by atoms with Gasteiger partial charge in [0.1, 0.15) is 12.6 Å². The van der Waals surface area contributed by atoms with E-state index in [1.165, 1.54) is 0 Å². The van der Waals surface area contributed by atoms with Gasteiger partial charge in [0.05, 0.1) is 13.2 Å². The van der Waals surface area contributed by atoms with E-state index in [0.717, 1.165) is 5.56 Å². The summed E-state index contributed by atoms with van der Waals surface area (Å²) in [5, 5.41) is 13.4. The molecule has 114 valence electrons. The van der Waals surface area contributed by atoms with E-state index in [4.69, 9.17) is 15.6 Å². The van der Waals surface area contributed by atoms with Crippen LogP contribution >= 0.6 is 0 Å². The van der Waals surface area contributed by atoms with Gasteiger partial charge in [0.25, 0.3) is 0 Å². The maximum Gasteiger partial charge on any atom is 0.408 e. The van der Waals surface area contributed by atoms with E-state index in [1.54, 1.807) is 24.3 Å². The van der Waals surface area contributed by atoms with Crippen molar-refractivity contribution in [1.82, 2.24) is 10.6 Å². The van der Waals surface area contributed by atoms with E-state index >= 15 is 0 Å². The molecule has 1 aromatic rings. The van der Waals surface area contributed by atoms with Crippen molar-refractivity contribution in [3.05, 3.63) is 35.9 Å². The minimum atomic E-state index is -1.22. The lowest BCUT2D eigenvalue weighted by molar-refractivity contribution is -0.126. The van der Waals surface area contributed by atoms with Crippen LogP contribution in [0.15, 0.2) is 30.3 Å². The van der Waals surface area contributed by atoms with Gasteiger partial charge in [0.15, 0.2) is 0 Å². The molecule has 0 aromatic heterocycles. The highest BCUT2D eigenvalue weighted by atomic mass is 16.5. The van der Waals surface area contributed by atoms with Crippen LogP contribution in [-0.2, 0) is 20.9 Å². The zero-order valence-electron chi connectivity index (χ0n) is 11.2. The van der Waals surface area contributed by atoms with E-state index < -0.39 is 30.6 Å². The van der Waals surface area contributed by atoms with Crippen molar-refractivity contribution in [1.29, 1.82) is 0 Å². The molecule has 1 atom stereocenters. The second kappa shape index (κ2) is 8.54. The lowest BCUT2D eigenvalue weighted by atomic mass is 10.2. The Morgan fingerprint density at radius 3 is 2.48 bits per heavy atom. The lowest BCUT2D eigenvalue weighted by Crippen LogP contribution is -2.50. The number of carbonyl (C=O) groups is 3. The predicted molar refractivity (Wildman–Crippen MR) is 72.8 cm³/mol. The minimum absolute atomic E-state index is 0.0354. The number of amides is 3. The van der Waals surface area contributed by atoms with Crippen molar-refractivity contribution < 1.29 is 24.2 Å². The number of hydrogen-bond acceptors (Lipinski definition) is 5. The molecule has 0 aliphatic heterocycles. The van der Waals surface area contributed by atoms with Gasteiger partial charge in [-0.3, -0.25) is 9.59 Å². The number of ether oxygens (including phenoxy) is 1. The number of aliphatic hydroxyl groups excluding tert-OH is 1. The largest absolute Gasteiger partial charge is 0.445 e. The average molecular weight is 295 g/mol. The summed E-state index contributed by atoms with van der Waals surface area (Å²) in [7, 11) is 0. The topological polar surface area (TPSA) is 131 Å². The molecule has 0 aliphatic rings. The highest BCUT2D eigenvalue weighted by molar-refractivity contribution is 5.89. The Balaban J connectivity index is 2.40. The molecule has 8 heteroatoms. The molecule has 8 nitrogen and oxygen atoms in total. The summed E-state index contributed by atoms with van der Waals surface area (Å²) in [5.74, 6) is -1.46. The second-order valence-corrected chi connectivity index (χ2v) is 4.13. The maximum atomic E-state index is 11.5. The number of benzene rings is 1. The summed E-state index contributed by atoms with van der Waals surface area (Å²) in [4.78, 5) is 33.6. The molecule has 0 saturated heterocycles. The van der Waals surface area contributed by atoms with Crippen molar-refractivity contribution in [2.45, 2.75) is 12.6 Å². The molecular formula is C13H17N3O5. The molecule has 0 spiro atoms. The fourth-order valence-corrected chi connectivity index (χ4v) is 1.40. The van der Waals surface area contributed by atoms with Crippen LogP contribution in [0.3, 0.4) is 0 Å². The van der Waals surface area contributed by atoms with Crippen molar-refractivity contribution >= 4 is 17.9 Å². The van der Waals surface area contributed by atoms with Crippen molar-refractivity contribution in [3.8, 4) is 0 Å². The number of hydrogen-bond donors (Lipinski definition) is 4. The van der Waals surface area contributed by atoms with E-state index in [0.29, 0.717) is 0 Å². The molecule has 0 radical (unpaired) electrons. The van der Waals surface area contributed by atoms with E-state index in [1.807, 2.05) is 6.07 Å². The predicted octanol–water partition coefficient (Wildman–Crippen LogP) is -1.12. The Hall–Kier alpha value is -2.61. The Bertz CT molecular complexity index is 492. The van der Waals surface area contributed by atoms with Gasteiger partial charge in [-0.2, -0.15) is 0 Å². The fraction of sp³-hybridized carbons (Fsp3) is 0.308. The van der Waals surface area contributed by atoms with Crippen LogP contribution in [-0.4, -0.2) is 42.2 Å². The number of alkyl carbamates (subject to hydrolysis) is 1. The van der Waals surface area contributed by atoms with Crippen LogP contribution in [0.4, 0.5) is 4.79 Å². The second-order valence-electron chi connectivity index (χ2n) is 4.13. The van der Waals surface area contributed by atoms with Gasteiger partial charge in [-0.25, -0.2) is 4.79 Å². The highest BCUT2D eigenvalue weighted by Gasteiger charge is 2.20. The summed E-state index contributed by atoms with van der Waals surface area (Å²) in [6.07, 6.45) is -0.855. The SMILES string of the molecule is NC(=O)CNC(=O)[C@@H](CO)NC(=O)OCc1ccccc1. The lowest BCUT2D eigenvalue weighted by Gasteiger charge is -2.15. The van der Waals surface area contributed by atoms with Gasteiger partial charge in [0.2, 0.25) is 11.8 Å². The summed E-state index contributed by atoms with van der Waals surface area (Å²) in [6.45, 7) is -0.977. The van der Waals surface area contributed by atoms with Crippen molar-refractivity contribution in [3.63, 3.8) is 0 Å². The zero-order valence-corrected chi connectivity index (χ0v) is 11.2. The van der Waals surface area contributed by atoms with Gasteiger partial charge < -0.3 is 26.2 Å². The number of rotatable bonds is 7. The van der Waals surface area contributed by atoms with E-state index in [-0.39, 0.29) is 13.2 Å². The molecule has 0 heterocycles. The number of primary amides is 1. The monoisotopic (exact) mass is 295 g/mol. The molecule has 1 rings (SSSR count). The van der Waals surface area contributed by atoms with Crippen LogP contribution in [0.25, 0.3) is 0 Å². The average Bonchev–Trinajstić information content (AvgIpc) is 2.49. The van der Waals surface area contributed by atoms with Crippen LogP contribution in [0.1, 0.15) is 5.56 Å². The molecule has 3 amide bonds. The van der Waals surface area contributed by atoms with E-state index in [9.17, 15) is 14.4 Å². The molecule has 5 N–H and O–H groups in total. The highest BCUT2D eigenvalue weighted by Crippen LogP contribution is 2.00. The zero-order chi connectivity index (χ0) is 15.7. The van der Waals surface area contributed by atoms with Crippen LogP contribution in [0.5, 0.6) is 0 Å². The molecular weight excluding hydrogens is 278 g/mol. The van der Waals surface area contributed by atoms with Crippen molar-refractivity contribution in [2.24, 2.45) is 5.73 Å². The first-order valence-electron chi connectivity index (χ1n) is 6.17. The quantitative estimate of drug-likeness (QED) is 0.506. The molecule has 21 heavy (non-hydrogen) atoms. The van der Waals surface area contributed by atoms with Gasteiger partial charge in [-0.05, 0) is 5.56 Å². The smallest absolute Gasteiger partial charge is 0.408 e.